The van der Waals surface area contributed by atoms with E-state index in [0.717, 1.165) is 0 Å². The molecule has 3 heteroatoms. The van der Waals surface area contributed by atoms with Gasteiger partial charge in [-0.15, -0.1) is 0 Å². The van der Waals surface area contributed by atoms with Gasteiger partial charge in [-0.2, -0.15) is 11.3 Å². The highest BCUT2D eigenvalue weighted by atomic mass is 32.1. The SMILES string of the molecule is CC(C)C(=O)NCC(C)c1ccc(-c2ccsc2)cc1. The molecule has 0 aliphatic carbocycles. The quantitative estimate of drug-likeness (QED) is 0.873. The van der Waals surface area contributed by atoms with Crippen molar-refractivity contribution < 1.29 is 4.79 Å². The normalized spacial score (nSPS) is 12.4. The number of carbonyl (C=O) groups excluding carboxylic acids is 1. The van der Waals surface area contributed by atoms with Crippen LogP contribution in [0.1, 0.15) is 32.3 Å². The minimum Gasteiger partial charge on any atom is -0.355 e. The molecule has 2 rings (SSSR count). The summed E-state index contributed by atoms with van der Waals surface area (Å²) in [5.41, 5.74) is 3.77. The first-order chi connectivity index (χ1) is 9.58. The summed E-state index contributed by atoms with van der Waals surface area (Å²) in [5.74, 6) is 0.490. The topological polar surface area (TPSA) is 29.1 Å². The van der Waals surface area contributed by atoms with Crippen LogP contribution in [0.3, 0.4) is 0 Å². The summed E-state index contributed by atoms with van der Waals surface area (Å²) < 4.78 is 0. The van der Waals surface area contributed by atoms with Gasteiger partial charge in [0.15, 0.2) is 0 Å². The van der Waals surface area contributed by atoms with Crippen LogP contribution < -0.4 is 5.32 Å². The molecule has 106 valence electrons. The van der Waals surface area contributed by atoms with E-state index >= 15 is 0 Å². The van der Waals surface area contributed by atoms with E-state index < -0.39 is 0 Å². The summed E-state index contributed by atoms with van der Waals surface area (Å²) in [7, 11) is 0. The van der Waals surface area contributed by atoms with Crippen molar-refractivity contribution >= 4 is 17.2 Å². The zero-order valence-corrected chi connectivity index (χ0v) is 13.0. The molecule has 0 fully saturated rings. The van der Waals surface area contributed by atoms with Crippen LogP contribution in [0, 0.1) is 5.92 Å². The molecular weight excluding hydrogens is 266 g/mol. The number of rotatable bonds is 5. The summed E-state index contributed by atoms with van der Waals surface area (Å²) in [6.45, 7) is 6.65. The largest absolute Gasteiger partial charge is 0.355 e. The van der Waals surface area contributed by atoms with E-state index in [2.05, 4.69) is 53.3 Å². The Morgan fingerprint density at radius 3 is 2.35 bits per heavy atom. The van der Waals surface area contributed by atoms with Crippen molar-refractivity contribution in [3.8, 4) is 11.1 Å². The van der Waals surface area contributed by atoms with Crippen molar-refractivity contribution in [3.05, 3.63) is 46.7 Å². The van der Waals surface area contributed by atoms with Crippen molar-refractivity contribution in [3.63, 3.8) is 0 Å². The Morgan fingerprint density at radius 1 is 1.10 bits per heavy atom. The number of thiophene rings is 1. The minimum atomic E-state index is 0.0446. The second kappa shape index (κ2) is 6.71. The van der Waals surface area contributed by atoms with Gasteiger partial charge in [0.05, 0.1) is 0 Å². The molecule has 1 atom stereocenters. The Labute approximate surface area is 124 Å². The van der Waals surface area contributed by atoms with Crippen LogP contribution in [-0.2, 0) is 4.79 Å². The van der Waals surface area contributed by atoms with Crippen LogP contribution in [0.15, 0.2) is 41.1 Å². The molecule has 2 aromatic rings. The van der Waals surface area contributed by atoms with Gasteiger partial charge in [0.1, 0.15) is 0 Å². The van der Waals surface area contributed by atoms with E-state index in [1.807, 2.05) is 13.8 Å². The van der Waals surface area contributed by atoms with Crippen LogP contribution in [-0.4, -0.2) is 12.5 Å². The van der Waals surface area contributed by atoms with Crippen LogP contribution in [0.25, 0.3) is 11.1 Å². The van der Waals surface area contributed by atoms with Gasteiger partial charge in [-0.05, 0) is 39.4 Å². The standard InChI is InChI=1S/C17H21NOS/c1-12(2)17(19)18-10-13(3)14-4-6-15(7-5-14)16-8-9-20-11-16/h4-9,11-13H,10H2,1-3H3,(H,18,19). The predicted octanol–water partition coefficient (Wildman–Crippen LogP) is 4.29. The van der Waals surface area contributed by atoms with Crippen molar-refractivity contribution in [2.24, 2.45) is 5.92 Å². The first kappa shape index (κ1) is 14.8. The third-order valence-corrected chi connectivity index (χ3v) is 4.12. The average molecular weight is 287 g/mol. The third kappa shape index (κ3) is 3.70. The minimum absolute atomic E-state index is 0.0446. The Morgan fingerprint density at radius 2 is 1.80 bits per heavy atom. The lowest BCUT2D eigenvalue weighted by molar-refractivity contribution is -0.124. The van der Waals surface area contributed by atoms with Crippen molar-refractivity contribution in [2.75, 3.05) is 6.54 Å². The molecular formula is C17H21NOS. The van der Waals surface area contributed by atoms with Gasteiger partial charge in [-0.3, -0.25) is 4.79 Å². The van der Waals surface area contributed by atoms with E-state index in [0.29, 0.717) is 12.5 Å². The van der Waals surface area contributed by atoms with Gasteiger partial charge in [-0.1, -0.05) is 45.0 Å². The fraction of sp³-hybridized carbons (Fsp3) is 0.353. The molecule has 1 heterocycles. The fourth-order valence-corrected chi connectivity index (χ4v) is 2.67. The smallest absolute Gasteiger partial charge is 0.222 e. The number of nitrogens with one attached hydrogen (secondary N) is 1. The first-order valence-corrected chi connectivity index (χ1v) is 7.92. The highest BCUT2D eigenvalue weighted by Gasteiger charge is 2.10. The van der Waals surface area contributed by atoms with E-state index in [1.165, 1.54) is 16.7 Å². The maximum Gasteiger partial charge on any atom is 0.222 e. The highest BCUT2D eigenvalue weighted by Crippen LogP contribution is 2.24. The second-order valence-electron chi connectivity index (χ2n) is 5.43. The van der Waals surface area contributed by atoms with Gasteiger partial charge in [0.2, 0.25) is 5.91 Å². The fourth-order valence-electron chi connectivity index (χ4n) is 2.01. The maximum atomic E-state index is 11.6. The van der Waals surface area contributed by atoms with Crippen LogP contribution in [0.4, 0.5) is 0 Å². The van der Waals surface area contributed by atoms with Gasteiger partial charge in [-0.25, -0.2) is 0 Å². The second-order valence-corrected chi connectivity index (χ2v) is 6.21. The molecule has 1 N–H and O–H groups in total. The van der Waals surface area contributed by atoms with E-state index in [-0.39, 0.29) is 11.8 Å². The van der Waals surface area contributed by atoms with Crippen LogP contribution in [0.2, 0.25) is 0 Å². The zero-order chi connectivity index (χ0) is 14.5. The number of carbonyl (C=O) groups is 1. The third-order valence-electron chi connectivity index (χ3n) is 3.44. The van der Waals surface area contributed by atoms with E-state index in [4.69, 9.17) is 0 Å². The van der Waals surface area contributed by atoms with E-state index in [9.17, 15) is 4.79 Å². The molecule has 0 aliphatic heterocycles. The van der Waals surface area contributed by atoms with Gasteiger partial charge in [0, 0.05) is 12.5 Å². The summed E-state index contributed by atoms with van der Waals surface area (Å²) in [6, 6.07) is 10.7. The van der Waals surface area contributed by atoms with Crippen molar-refractivity contribution in [1.82, 2.24) is 5.32 Å². The van der Waals surface area contributed by atoms with Gasteiger partial charge in [0.25, 0.3) is 0 Å². The molecule has 1 amide bonds. The van der Waals surface area contributed by atoms with Crippen molar-refractivity contribution in [2.45, 2.75) is 26.7 Å². The average Bonchev–Trinajstić information content (AvgIpc) is 2.98. The number of hydrogen-bond acceptors (Lipinski definition) is 2. The number of hydrogen-bond donors (Lipinski definition) is 1. The molecule has 0 saturated heterocycles. The lowest BCUT2D eigenvalue weighted by atomic mass is 9.98. The Balaban J connectivity index is 1.97. The molecule has 1 aromatic carbocycles. The lowest BCUT2D eigenvalue weighted by Crippen LogP contribution is -2.30. The lowest BCUT2D eigenvalue weighted by Gasteiger charge is -2.14. The Kier molecular flexibility index (Phi) is 4.96. The van der Waals surface area contributed by atoms with E-state index in [1.54, 1.807) is 11.3 Å². The van der Waals surface area contributed by atoms with Crippen LogP contribution >= 0.6 is 11.3 Å². The first-order valence-electron chi connectivity index (χ1n) is 6.98. The molecule has 0 saturated carbocycles. The van der Waals surface area contributed by atoms with Crippen molar-refractivity contribution in [1.29, 1.82) is 0 Å². The predicted molar refractivity (Wildman–Crippen MR) is 86.0 cm³/mol. The molecule has 0 radical (unpaired) electrons. The van der Waals surface area contributed by atoms with Crippen LogP contribution in [0.5, 0.6) is 0 Å². The number of amides is 1. The number of benzene rings is 1. The molecule has 1 unspecified atom stereocenters. The molecule has 1 aromatic heterocycles. The summed E-state index contributed by atoms with van der Waals surface area (Å²) in [6.07, 6.45) is 0. The molecule has 0 bridgehead atoms. The summed E-state index contributed by atoms with van der Waals surface area (Å²) in [5, 5.41) is 7.23. The Bertz CT molecular complexity index is 543. The monoisotopic (exact) mass is 287 g/mol. The molecule has 0 aliphatic rings. The molecule has 20 heavy (non-hydrogen) atoms. The van der Waals surface area contributed by atoms with Gasteiger partial charge >= 0.3 is 0 Å². The van der Waals surface area contributed by atoms with Gasteiger partial charge < -0.3 is 5.32 Å². The highest BCUT2D eigenvalue weighted by molar-refractivity contribution is 7.08. The zero-order valence-electron chi connectivity index (χ0n) is 12.2. The molecule has 2 nitrogen and oxygen atoms in total. The Hall–Kier alpha value is -1.61. The molecule has 0 spiro atoms. The summed E-state index contributed by atoms with van der Waals surface area (Å²) in [4.78, 5) is 11.6. The maximum absolute atomic E-state index is 11.6. The summed E-state index contributed by atoms with van der Waals surface area (Å²) >= 11 is 1.71.